The van der Waals surface area contributed by atoms with Crippen LogP contribution in [0.2, 0.25) is 0 Å². The highest BCUT2D eigenvalue weighted by Gasteiger charge is 2.51. The van der Waals surface area contributed by atoms with Gasteiger partial charge in [0.25, 0.3) is 0 Å². The topological polar surface area (TPSA) is 68.5 Å². The molecule has 3 heterocycles. The van der Waals surface area contributed by atoms with Crippen molar-refractivity contribution in [1.82, 2.24) is 15.1 Å². The molecule has 2 saturated heterocycles. The lowest BCUT2D eigenvalue weighted by atomic mass is 9.96. The molecule has 0 radical (unpaired) electrons. The average molecular weight is 377 g/mol. The summed E-state index contributed by atoms with van der Waals surface area (Å²) in [5.41, 5.74) is 3.25. The van der Waals surface area contributed by atoms with Gasteiger partial charge in [0.05, 0.1) is 24.9 Å². The van der Waals surface area contributed by atoms with Crippen LogP contribution in [0.15, 0.2) is 73.1 Å². The molecule has 0 saturated carbocycles. The van der Waals surface area contributed by atoms with Crippen molar-refractivity contribution in [2.75, 3.05) is 6.61 Å². The second-order valence-corrected chi connectivity index (χ2v) is 7.32. The Balaban J connectivity index is 1.37. The molecule has 6 nitrogen and oxygen atoms in total. The van der Waals surface area contributed by atoms with Crippen molar-refractivity contribution in [3.63, 3.8) is 0 Å². The van der Waals surface area contributed by atoms with E-state index in [4.69, 9.17) is 9.47 Å². The number of aliphatic hydroxyl groups is 1. The Morgan fingerprint density at radius 3 is 2.57 bits per heavy atom. The first-order valence-electron chi connectivity index (χ1n) is 9.61. The fraction of sp³-hybridized carbons (Fsp3) is 0.318. The van der Waals surface area contributed by atoms with Gasteiger partial charge in [-0.05, 0) is 11.1 Å². The summed E-state index contributed by atoms with van der Waals surface area (Å²) in [5.74, 6) is 0. The molecule has 2 aliphatic heterocycles. The molecule has 0 spiro atoms. The number of benzene rings is 2. The van der Waals surface area contributed by atoms with Crippen LogP contribution in [0, 0.1) is 0 Å². The molecule has 2 aromatic carbocycles. The third-order valence-electron chi connectivity index (χ3n) is 5.53. The minimum atomic E-state index is -0.668. The van der Waals surface area contributed by atoms with E-state index in [2.05, 4.69) is 22.5 Å². The molecule has 2 N–H and O–H groups in total. The van der Waals surface area contributed by atoms with E-state index in [1.54, 1.807) is 4.68 Å². The zero-order valence-corrected chi connectivity index (χ0v) is 15.4. The first kappa shape index (κ1) is 17.6. The summed E-state index contributed by atoms with van der Waals surface area (Å²) in [5, 5.41) is 19.1. The van der Waals surface area contributed by atoms with Gasteiger partial charge in [0, 0.05) is 18.3 Å². The predicted molar refractivity (Wildman–Crippen MR) is 104 cm³/mol. The molecule has 2 fully saturated rings. The van der Waals surface area contributed by atoms with Gasteiger partial charge in [-0.3, -0.25) is 4.68 Å². The number of rotatable bonds is 5. The van der Waals surface area contributed by atoms with Gasteiger partial charge in [-0.1, -0.05) is 60.7 Å². The highest BCUT2D eigenvalue weighted by atomic mass is 16.7. The van der Waals surface area contributed by atoms with Crippen molar-refractivity contribution in [2.24, 2.45) is 0 Å². The highest BCUT2D eigenvalue weighted by molar-refractivity contribution is 5.61. The van der Waals surface area contributed by atoms with E-state index in [0.29, 0.717) is 13.2 Å². The van der Waals surface area contributed by atoms with Crippen LogP contribution < -0.4 is 5.32 Å². The number of ether oxygens (including phenoxy) is 2. The summed E-state index contributed by atoms with van der Waals surface area (Å²) < 4.78 is 13.6. The van der Waals surface area contributed by atoms with Gasteiger partial charge in [-0.25, -0.2) is 0 Å². The molecule has 0 aliphatic carbocycles. The Hall–Kier alpha value is -2.51. The summed E-state index contributed by atoms with van der Waals surface area (Å²) in [6, 6.07) is 19.6. The molecular weight excluding hydrogens is 354 g/mol. The molecule has 144 valence electrons. The maximum atomic E-state index is 11.1. The molecule has 0 amide bonds. The Kier molecular flexibility index (Phi) is 4.70. The van der Waals surface area contributed by atoms with Crippen molar-refractivity contribution >= 4 is 0 Å². The van der Waals surface area contributed by atoms with Crippen molar-refractivity contribution in [3.05, 3.63) is 78.6 Å². The standard InChI is InChI=1S/C22H23N3O3/c26-21-19(23-11-15-7-3-1-4-8-15)18-14-27-22(28-18)20(21)25-13-17(12-24-25)16-9-5-2-6-10-16/h1-10,12-13,18-23,26H,11,14H2. The van der Waals surface area contributed by atoms with Gasteiger partial charge in [0.2, 0.25) is 0 Å². The van der Waals surface area contributed by atoms with Crippen LogP contribution in [-0.2, 0) is 16.0 Å². The molecule has 5 rings (SSSR count). The third-order valence-corrected chi connectivity index (χ3v) is 5.53. The molecule has 1 aromatic heterocycles. The van der Waals surface area contributed by atoms with Crippen molar-refractivity contribution in [3.8, 4) is 11.1 Å². The molecule has 2 bridgehead atoms. The van der Waals surface area contributed by atoms with Crippen LogP contribution >= 0.6 is 0 Å². The van der Waals surface area contributed by atoms with Crippen molar-refractivity contribution < 1.29 is 14.6 Å². The summed E-state index contributed by atoms with van der Waals surface area (Å²) in [6.07, 6.45) is 2.44. The fourth-order valence-corrected chi connectivity index (χ4v) is 4.05. The molecule has 2 aliphatic rings. The number of aromatic nitrogens is 2. The smallest absolute Gasteiger partial charge is 0.183 e. The Bertz CT molecular complexity index is 915. The minimum Gasteiger partial charge on any atom is -0.389 e. The van der Waals surface area contributed by atoms with Crippen molar-refractivity contribution in [2.45, 2.75) is 37.1 Å². The van der Waals surface area contributed by atoms with E-state index in [1.807, 2.05) is 60.9 Å². The molecule has 5 atom stereocenters. The second kappa shape index (κ2) is 7.48. The lowest BCUT2D eigenvalue weighted by Gasteiger charge is -2.38. The SMILES string of the molecule is OC1C(NCc2ccccc2)C2COC(O2)C1n1cc(-c2ccccc2)cn1. The largest absolute Gasteiger partial charge is 0.389 e. The Morgan fingerprint density at radius 1 is 1.04 bits per heavy atom. The number of hydrogen-bond donors (Lipinski definition) is 2. The zero-order chi connectivity index (χ0) is 18.9. The highest BCUT2D eigenvalue weighted by Crippen LogP contribution is 2.36. The normalized spacial score (nSPS) is 29.1. The molecule has 3 aromatic rings. The van der Waals surface area contributed by atoms with E-state index in [0.717, 1.165) is 16.7 Å². The van der Waals surface area contributed by atoms with Gasteiger partial charge >= 0.3 is 0 Å². The van der Waals surface area contributed by atoms with Crippen LogP contribution in [0.4, 0.5) is 0 Å². The predicted octanol–water partition coefficient (Wildman–Crippen LogP) is 2.37. The van der Waals surface area contributed by atoms with Crippen LogP contribution in [0.1, 0.15) is 11.6 Å². The molecule has 28 heavy (non-hydrogen) atoms. The quantitative estimate of drug-likeness (QED) is 0.715. The van der Waals surface area contributed by atoms with Crippen LogP contribution in [0.5, 0.6) is 0 Å². The molecule has 5 unspecified atom stereocenters. The fourth-order valence-electron chi connectivity index (χ4n) is 4.05. The zero-order valence-electron chi connectivity index (χ0n) is 15.4. The van der Waals surface area contributed by atoms with Gasteiger partial charge < -0.3 is 19.9 Å². The lowest BCUT2D eigenvalue weighted by molar-refractivity contribution is -0.168. The van der Waals surface area contributed by atoms with Crippen LogP contribution in [-0.4, -0.2) is 46.0 Å². The molecular formula is C22H23N3O3. The first-order chi connectivity index (χ1) is 13.8. The Labute approximate surface area is 163 Å². The Morgan fingerprint density at radius 2 is 1.79 bits per heavy atom. The first-order valence-corrected chi connectivity index (χ1v) is 9.61. The van der Waals surface area contributed by atoms with E-state index < -0.39 is 18.4 Å². The third kappa shape index (κ3) is 3.25. The summed E-state index contributed by atoms with van der Waals surface area (Å²) in [4.78, 5) is 0. The van der Waals surface area contributed by atoms with Gasteiger partial charge in [0.1, 0.15) is 12.1 Å². The summed E-state index contributed by atoms with van der Waals surface area (Å²) in [7, 11) is 0. The van der Waals surface area contributed by atoms with Crippen molar-refractivity contribution in [1.29, 1.82) is 0 Å². The summed E-state index contributed by atoms with van der Waals surface area (Å²) in [6.45, 7) is 1.13. The number of fused-ring (bicyclic) bond motifs is 2. The monoisotopic (exact) mass is 377 g/mol. The number of nitrogens with one attached hydrogen (secondary N) is 1. The maximum Gasteiger partial charge on any atom is 0.183 e. The molecule has 6 heteroatoms. The second-order valence-electron chi connectivity index (χ2n) is 7.32. The van der Waals surface area contributed by atoms with Crippen LogP contribution in [0.25, 0.3) is 11.1 Å². The van der Waals surface area contributed by atoms with E-state index in [1.165, 1.54) is 0 Å². The van der Waals surface area contributed by atoms with E-state index in [-0.39, 0.29) is 12.1 Å². The number of nitrogens with zero attached hydrogens (tertiary/aromatic N) is 2. The van der Waals surface area contributed by atoms with Gasteiger partial charge in [-0.15, -0.1) is 0 Å². The van der Waals surface area contributed by atoms with E-state index in [9.17, 15) is 5.11 Å². The van der Waals surface area contributed by atoms with Gasteiger partial charge in [-0.2, -0.15) is 5.10 Å². The number of aliphatic hydroxyl groups excluding tert-OH is 1. The van der Waals surface area contributed by atoms with Gasteiger partial charge in [0.15, 0.2) is 6.29 Å². The maximum absolute atomic E-state index is 11.1. The average Bonchev–Trinajstić information content (AvgIpc) is 3.39. The minimum absolute atomic E-state index is 0.163. The van der Waals surface area contributed by atoms with Crippen LogP contribution in [0.3, 0.4) is 0 Å². The number of hydrogen-bond acceptors (Lipinski definition) is 5. The lowest BCUT2D eigenvalue weighted by Crippen LogP contribution is -2.57. The summed E-state index contributed by atoms with van der Waals surface area (Å²) >= 11 is 0. The van der Waals surface area contributed by atoms with E-state index >= 15 is 0 Å².